The standard InChI is InChI=1S/C26H33N3O2/c1-5-6-9-19-12-14-20(15-13-19)25(18(2)3)28-24(30)17-16-23-27-22-11-8-7-10-21(22)26(31)29(23)4/h7-8,10-15,18,25H,5-6,9,16-17H2,1-4H3,(H,28,30)/t25-/m0/s1. The summed E-state index contributed by atoms with van der Waals surface area (Å²) in [5.41, 5.74) is 3.05. The lowest BCUT2D eigenvalue weighted by Crippen LogP contribution is -2.32. The average molecular weight is 420 g/mol. The highest BCUT2D eigenvalue weighted by Gasteiger charge is 2.19. The van der Waals surface area contributed by atoms with E-state index >= 15 is 0 Å². The molecule has 0 fully saturated rings. The second-order valence-corrected chi connectivity index (χ2v) is 8.54. The fraction of sp³-hybridized carbons (Fsp3) is 0.423. The number of nitrogens with zero attached hydrogens (tertiary/aromatic N) is 2. The molecule has 31 heavy (non-hydrogen) atoms. The Morgan fingerprint density at radius 3 is 2.45 bits per heavy atom. The van der Waals surface area contributed by atoms with Crippen LogP contribution in [0.1, 0.15) is 63.0 Å². The number of unbranched alkanes of at least 4 members (excludes halogenated alkanes) is 1. The van der Waals surface area contributed by atoms with Gasteiger partial charge in [-0.3, -0.25) is 14.2 Å². The third kappa shape index (κ3) is 5.60. The molecule has 1 aromatic heterocycles. The number of aryl methyl sites for hydroxylation is 2. The summed E-state index contributed by atoms with van der Waals surface area (Å²) in [7, 11) is 1.71. The molecule has 3 aromatic rings. The van der Waals surface area contributed by atoms with E-state index in [2.05, 4.69) is 55.3 Å². The topological polar surface area (TPSA) is 64.0 Å². The van der Waals surface area contributed by atoms with Crippen molar-refractivity contribution in [3.63, 3.8) is 0 Å². The number of fused-ring (bicyclic) bond motifs is 1. The van der Waals surface area contributed by atoms with Crippen LogP contribution in [0.15, 0.2) is 53.3 Å². The van der Waals surface area contributed by atoms with Crippen molar-refractivity contribution in [2.45, 2.75) is 58.9 Å². The maximum Gasteiger partial charge on any atom is 0.261 e. The molecule has 0 unspecified atom stereocenters. The summed E-state index contributed by atoms with van der Waals surface area (Å²) in [6.45, 7) is 6.43. The van der Waals surface area contributed by atoms with E-state index in [0.29, 0.717) is 23.1 Å². The van der Waals surface area contributed by atoms with E-state index in [-0.39, 0.29) is 29.8 Å². The predicted octanol–water partition coefficient (Wildman–Crippen LogP) is 4.72. The molecule has 0 saturated heterocycles. The molecule has 1 heterocycles. The van der Waals surface area contributed by atoms with E-state index in [9.17, 15) is 9.59 Å². The van der Waals surface area contributed by atoms with Crippen molar-refractivity contribution in [2.24, 2.45) is 13.0 Å². The van der Waals surface area contributed by atoms with Crippen LogP contribution < -0.4 is 10.9 Å². The molecule has 1 amide bonds. The third-order valence-electron chi connectivity index (χ3n) is 5.79. The fourth-order valence-electron chi connectivity index (χ4n) is 3.87. The van der Waals surface area contributed by atoms with Gasteiger partial charge in [-0.05, 0) is 42.0 Å². The van der Waals surface area contributed by atoms with Crippen LogP contribution in [0.3, 0.4) is 0 Å². The number of amides is 1. The molecule has 164 valence electrons. The quantitative estimate of drug-likeness (QED) is 0.546. The van der Waals surface area contributed by atoms with Crippen molar-refractivity contribution in [3.05, 3.63) is 75.8 Å². The second-order valence-electron chi connectivity index (χ2n) is 8.54. The van der Waals surface area contributed by atoms with Gasteiger partial charge in [0.1, 0.15) is 5.82 Å². The summed E-state index contributed by atoms with van der Waals surface area (Å²) < 4.78 is 1.55. The molecule has 5 heteroatoms. The number of hydrogen-bond acceptors (Lipinski definition) is 3. The molecule has 0 bridgehead atoms. The lowest BCUT2D eigenvalue weighted by atomic mass is 9.94. The van der Waals surface area contributed by atoms with E-state index in [0.717, 1.165) is 12.0 Å². The van der Waals surface area contributed by atoms with Gasteiger partial charge in [-0.1, -0.05) is 63.6 Å². The normalized spacial score (nSPS) is 12.3. The van der Waals surface area contributed by atoms with E-state index in [1.807, 2.05) is 18.2 Å². The largest absolute Gasteiger partial charge is 0.349 e. The Bertz CT molecular complexity index is 1080. The summed E-state index contributed by atoms with van der Waals surface area (Å²) in [6.07, 6.45) is 4.17. The monoisotopic (exact) mass is 419 g/mol. The lowest BCUT2D eigenvalue weighted by Gasteiger charge is -2.23. The minimum absolute atomic E-state index is 0.0313. The first kappa shape index (κ1) is 22.7. The van der Waals surface area contributed by atoms with E-state index in [1.165, 1.54) is 18.4 Å². The number of carbonyl (C=O) groups is 1. The minimum atomic E-state index is -0.0794. The van der Waals surface area contributed by atoms with Crippen molar-refractivity contribution in [1.82, 2.24) is 14.9 Å². The highest BCUT2D eigenvalue weighted by molar-refractivity contribution is 5.78. The average Bonchev–Trinajstić information content (AvgIpc) is 2.77. The predicted molar refractivity (Wildman–Crippen MR) is 126 cm³/mol. The Kier molecular flexibility index (Phi) is 7.61. The molecule has 1 atom stereocenters. The highest BCUT2D eigenvalue weighted by atomic mass is 16.1. The third-order valence-corrected chi connectivity index (χ3v) is 5.79. The zero-order chi connectivity index (χ0) is 22.4. The maximum absolute atomic E-state index is 12.7. The Morgan fingerprint density at radius 1 is 1.06 bits per heavy atom. The first-order valence-electron chi connectivity index (χ1n) is 11.2. The second kappa shape index (κ2) is 10.4. The smallest absolute Gasteiger partial charge is 0.261 e. The molecule has 0 radical (unpaired) electrons. The number of hydrogen-bond donors (Lipinski definition) is 1. The van der Waals surface area contributed by atoms with Crippen LogP contribution in [0.5, 0.6) is 0 Å². The minimum Gasteiger partial charge on any atom is -0.349 e. The van der Waals surface area contributed by atoms with Crippen molar-refractivity contribution < 1.29 is 4.79 Å². The van der Waals surface area contributed by atoms with Gasteiger partial charge in [-0.25, -0.2) is 4.98 Å². The molecular formula is C26H33N3O2. The van der Waals surface area contributed by atoms with Gasteiger partial charge < -0.3 is 5.32 Å². The molecule has 0 aliphatic rings. The van der Waals surface area contributed by atoms with Gasteiger partial charge in [0.25, 0.3) is 5.56 Å². The van der Waals surface area contributed by atoms with Gasteiger partial charge in [0, 0.05) is 19.9 Å². The molecular weight excluding hydrogens is 386 g/mol. The van der Waals surface area contributed by atoms with E-state index in [1.54, 1.807) is 17.7 Å². The summed E-state index contributed by atoms with van der Waals surface area (Å²) in [5.74, 6) is 0.866. The lowest BCUT2D eigenvalue weighted by molar-refractivity contribution is -0.122. The molecule has 1 N–H and O–H groups in total. The molecule has 0 spiro atoms. The van der Waals surface area contributed by atoms with Crippen LogP contribution in [0.25, 0.3) is 10.9 Å². The Labute approximate surface area is 184 Å². The first-order chi connectivity index (χ1) is 14.9. The van der Waals surface area contributed by atoms with Crippen molar-refractivity contribution in [1.29, 1.82) is 0 Å². The van der Waals surface area contributed by atoms with Gasteiger partial charge in [0.15, 0.2) is 0 Å². The van der Waals surface area contributed by atoms with Crippen molar-refractivity contribution in [2.75, 3.05) is 0 Å². The van der Waals surface area contributed by atoms with E-state index in [4.69, 9.17) is 0 Å². The molecule has 0 saturated carbocycles. The Hall–Kier alpha value is -2.95. The number of nitrogens with one attached hydrogen (secondary N) is 1. The van der Waals surface area contributed by atoms with Crippen LogP contribution >= 0.6 is 0 Å². The zero-order valence-electron chi connectivity index (χ0n) is 19.0. The molecule has 0 aliphatic carbocycles. The van der Waals surface area contributed by atoms with Crippen LogP contribution in [0.4, 0.5) is 0 Å². The van der Waals surface area contributed by atoms with Crippen molar-refractivity contribution in [3.8, 4) is 0 Å². The number of carbonyl (C=O) groups excluding carboxylic acids is 1. The summed E-state index contributed by atoms with van der Waals surface area (Å²) in [4.78, 5) is 29.9. The summed E-state index contributed by atoms with van der Waals surface area (Å²) >= 11 is 0. The summed E-state index contributed by atoms with van der Waals surface area (Å²) in [5, 5.41) is 3.78. The van der Waals surface area contributed by atoms with Gasteiger partial charge in [0.2, 0.25) is 5.91 Å². The SMILES string of the molecule is CCCCc1ccc([C@@H](NC(=O)CCc2nc3ccccc3c(=O)n2C)C(C)C)cc1. The van der Waals surface area contributed by atoms with Gasteiger partial charge >= 0.3 is 0 Å². The van der Waals surface area contributed by atoms with Crippen molar-refractivity contribution >= 4 is 16.8 Å². The molecule has 5 nitrogen and oxygen atoms in total. The molecule has 0 aliphatic heterocycles. The zero-order valence-corrected chi connectivity index (χ0v) is 19.0. The van der Waals surface area contributed by atoms with Crippen LogP contribution in [0.2, 0.25) is 0 Å². The highest BCUT2D eigenvalue weighted by Crippen LogP contribution is 2.23. The number of rotatable bonds is 9. The van der Waals surface area contributed by atoms with Gasteiger partial charge in [-0.2, -0.15) is 0 Å². The molecule has 2 aromatic carbocycles. The van der Waals surface area contributed by atoms with Gasteiger partial charge in [0.05, 0.1) is 16.9 Å². The van der Waals surface area contributed by atoms with Crippen LogP contribution in [-0.4, -0.2) is 15.5 Å². The van der Waals surface area contributed by atoms with Crippen LogP contribution in [0, 0.1) is 5.92 Å². The number of benzene rings is 2. The number of aromatic nitrogens is 2. The number of para-hydroxylation sites is 1. The van der Waals surface area contributed by atoms with Crippen LogP contribution in [-0.2, 0) is 24.7 Å². The first-order valence-corrected chi connectivity index (χ1v) is 11.2. The van der Waals surface area contributed by atoms with Gasteiger partial charge in [-0.15, -0.1) is 0 Å². The summed E-state index contributed by atoms with van der Waals surface area (Å²) in [6, 6.07) is 15.9. The fourth-order valence-corrected chi connectivity index (χ4v) is 3.87. The van der Waals surface area contributed by atoms with E-state index < -0.39 is 0 Å². The molecule has 3 rings (SSSR count). The Balaban J connectivity index is 1.68. The maximum atomic E-state index is 12.7. The Morgan fingerprint density at radius 2 is 1.77 bits per heavy atom.